The van der Waals surface area contributed by atoms with Crippen LogP contribution in [0, 0.1) is 0 Å². The summed E-state index contributed by atoms with van der Waals surface area (Å²) in [6, 6.07) is 22.3. The summed E-state index contributed by atoms with van der Waals surface area (Å²) >= 11 is 0. The van der Waals surface area contributed by atoms with E-state index in [1.165, 1.54) is 56.2 Å². The first-order chi connectivity index (χ1) is 22.0. The molecule has 1 amide bonds. The maximum Gasteiger partial charge on any atom is 0.412 e. The van der Waals surface area contributed by atoms with Crippen molar-refractivity contribution in [2.45, 2.75) is 76.9 Å². The molecule has 5 rings (SSSR count). The monoisotopic (exact) mass is 613 g/mol. The molecule has 0 unspecified atom stereocenters. The molecule has 2 aliphatic rings. The van der Waals surface area contributed by atoms with Crippen molar-refractivity contribution < 1.29 is 19.0 Å². The number of nitrogens with zero attached hydrogens (tertiary/aromatic N) is 2. The molecule has 0 spiro atoms. The number of carbonyl (C=O) groups is 1. The summed E-state index contributed by atoms with van der Waals surface area (Å²) in [6.07, 6.45) is 10.1. The standard InChI is InChI=1S/C38H51N3O4/c1-38(45-37(42)39-34-18-12-11-17-33(34)30-15-9-8-10-16-30)20-25-40(26-21-38)22-13-6-4-5-7-14-23-41-24-19-31-27-35(43-2)36(44-3)28-32(31)29-41/h8-12,15-18,27-28H,4-7,13-14,19-26,29H2,1-3H3,(H,39,42). The number of unbranched alkanes of at least 4 members (excludes halogenated alkanes) is 5. The number of benzene rings is 3. The molecule has 7 heteroatoms. The smallest absolute Gasteiger partial charge is 0.412 e. The Morgan fingerprint density at radius 3 is 2.04 bits per heavy atom. The van der Waals surface area contributed by atoms with Gasteiger partial charge in [-0.15, -0.1) is 0 Å². The van der Waals surface area contributed by atoms with Crippen LogP contribution >= 0.6 is 0 Å². The predicted octanol–water partition coefficient (Wildman–Crippen LogP) is 8.17. The molecule has 242 valence electrons. The Labute approximate surface area is 269 Å². The number of ether oxygens (including phenoxy) is 3. The molecular formula is C38H51N3O4. The Morgan fingerprint density at radius 1 is 0.756 bits per heavy atom. The molecule has 1 saturated heterocycles. The number of piperidine rings is 1. The van der Waals surface area contributed by atoms with Gasteiger partial charge in [-0.05, 0) is 87.0 Å². The quantitative estimate of drug-likeness (QED) is 0.185. The van der Waals surface area contributed by atoms with E-state index in [0.717, 1.165) is 80.3 Å². The van der Waals surface area contributed by atoms with E-state index in [9.17, 15) is 4.79 Å². The van der Waals surface area contributed by atoms with E-state index in [0.29, 0.717) is 0 Å². The summed E-state index contributed by atoms with van der Waals surface area (Å²) in [5, 5.41) is 3.00. The minimum atomic E-state index is -0.433. The number of hydrogen-bond acceptors (Lipinski definition) is 6. The van der Waals surface area contributed by atoms with Gasteiger partial charge in [-0.1, -0.05) is 74.2 Å². The third-order valence-corrected chi connectivity index (χ3v) is 9.50. The van der Waals surface area contributed by atoms with E-state index in [1.807, 2.05) is 42.5 Å². The summed E-state index contributed by atoms with van der Waals surface area (Å²) in [7, 11) is 3.41. The van der Waals surface area contributed by atoms with Crippen LogP contribution in [0.1, 0.15) is 69.4 Å². The first-order valence-corrected chi connectivity index (χ1v) is 16.8. The van der Waals surface area contributed by atoms with Gasteiger partial charge < -0.3 is 19.1 Å². The van der Waals surface area contributed by atoms with Gasteiger partial charge in [-0.25, -0.2) is 4.79 Å². The van der Waals surface area contributed by atoms with Crippen LogP contribution < -0.4 is 14.8 Å². The SMILES string of the molecule is COc1cc2c(cc1OC)CN(CCCCCCCCN1CCC(C)(OC(=O)Nc3ccccc3-c3ccccc3)CC1)CC2. The van der Waals surface area contributed by atoms with E-state index in [2.05, 4.69) is 46.3 Å². The Balaban J connectivity index is 0.928. The maximum atomic E-state index is 12.9. The summed E-state index contributed by atoms with van der Waals surface area (Å²) in [6.45, 7) is 8.44. The Kier molecular flexibility index (Phi) is 11.8. The van der Waals surface area contributed by atoms with Crippen molar-refractivity contribution in [3.8, 4) is 22.6 Å². The normalized spacial score (nSPS) is 16.5. The zero-order chi connectivity index (χ0) is 31.5. The van der Waals surface area contributed by atoms with Crippen LogP contribution in [0.5, 0.6) is 11.5 Å². The predicted molar refractivity (Wildman–Crippen MR) is 182 cm³/mol. The molecule has 0 bridgehead atoms. The van der Waals surface area contributed by atoms with E-state index < -0.39 is 5.60 Å². The molecule has 7 nitrogen and oxygen atoms in total. The Bertz CT molecular complexity index is 1370. The second kappa shape index (κ2) is 16.1. The zero-order valence-electron chi connectivity index (χ0n) is 27.5. The number of methoxy groups -OCH3 is 2. The van der Waals surface area contributed by atoms with E-state index in [1.54, 1.807) is 14.2 Å². The highest BCUT2D eigenvalue weighted by Crippen LogP contribution is 2.34. The molecule has 0 saturated carbocycles. The highest BCUT2D eigenvalue weighted by molar-refractivity contribution is 5.91. The molecule has 0 aliphatic carbocycles. The first kappa shape index (κ1) is 32.8. The Morgan fingerprint density at radius 2 is 1.36 bits per heavy atom. The molecular weight excluding hydrogens is 562 g/mol. The van der Waals surface area contributed by atoms with Gasteiger partial charge in [0.05, 0.1) is 19.9 Å². The number of carbonyl (C=O) groups excluding carboxylic acids is 1. The van der Waals surface area contributed by atoms with Crippen molar-refractivity contribution in [3.05, 3.63) is 77.9 Å². The van der Waals surface area contributed by atoms with E-state index in [4.69, 9.17) is 14.2 Å². The number of fused-ring (bicyclic) bond motifs is 1. The first-order valence-electron chi connectivity index (χ1n) is 16.8. The molecule has 3 aromatic rings. The lowest BCUT2D eigenvalue weighted by molar-refractivity contribution is -0.0163. The molecule has 0 aromatic heterocycles. The van der Waals surface area contributed by atoms with Gasteiger partial charge in [0.15, 0.2) is 11.5 Å². The number of para-hydroxylation sites is 1. The van der Waals surface area contributed by atoms with E-state index in [-0.39, 0.29) is 6.09 Å². The second-order valence-electron chi connectivity index (χ2n) is 12.8. The van der Waals surface area contributed by atoms with Crippen LogP contribution in [0.4, 0.5) is 10.5 Å². The molecule has 2 heterocycles. The van der Waals surface area contributed by atoms with Crippen LogP contribution in [0.15, 0.2) is 66.7 Å². The average Bonchev–Trinajstić information content (AvgIpc) is 3.06. The fourth-order valence-corrected chi connectivity index (χ4v) is 6.68. The highest BCUT2D eigenvalue weighted by Gasteiger charge is 2.33. The molecule has 1 N–H and O–H groups in total. The number of hydrogen-bond donors (Lipinski definition) is 1. The summed E-state index contributed by atoms with van der Waals surface area (Å²) in [5.41, 5.74) is 5.16. The summed E-state index contributed by atoms with van der Waals surface area (Å²) in [4.78, 5) is 18.0. The Hall–Kier alpha value is -3.55. The van der Waals surface area contributed by atoms with Gasteiger partial charge in [-0.2, -0.15) is 0 Å². The van der Waals surface area contributed by atoms with Gasteiger partial charge >= 0.3 is 6.09 Å². The van der Waals surface area contributed by atoms with Crippen LogP contribution in [0.25, 0.3) is 11.1 Å². The van der Waals surface area contributed by atoms with Crippen molar-refractivity contribution in [2.75, 3.05) is 52.3 Å². The maximum absolute atomic E-state index is 12.9. The average molecular weight is 614 g/mol. The fourth-order valence-electron chi connectivity index (χ4n) is 6.68. The number of anilines is 1. The lowest BCUT2D eigenvalue weighted by Gasteiger charge is -2.38. The third-order valence-electron chi connectivity index (χ3n) is 9.50. The lowest BCUT2D eigenvalue weighted by atomic mass is 9.93. The second-order valence-corrected chi connectivity index (χ2v) is 12.8. The van der Waals surface area contributed by atoms with Crippen molar-refractivity contribution in [1.29, 1.82) is 0 Å². The lowest BCUT2D eigenvalue weighted by Crippen LogP contribution is -2.46. The minimum Gasteiger partial charge on any atom is -0.493 e. The van der Waals surface area contributed by atoms with Gasteiger partial charge in [-0.3, -0.25) is 10.2 Å². The summed E-state index contributed by atoms with van der Waals surface area (Å²) in [5.74, 6) is 1.66. The topological polar surface area (TPSA) is 63.3 Å². The number of likely N-dealkylation sites (tertiary alicyclic amines) is 1. The highest BCUT2D eigenvalue weighted by atomic mass is 16.6. The fraction of sp³-hybridized carbons (Fsp3) is 0.500. The van der Waals surface area contributed by atoms with Crippen LogP contribution in [0.3, 0.4) is 0 Å². The molecule has 0 atom stereocenters. The zero-order valence-corrected chi connectivity index (χ0v) is 27.5. The molecule has 45 heavy (non-hydrogen) atoms. The molecule has 2 aliphatic heterocycles. The van der Waals surface area contributed by atoms with E-state index >= 15 is 0 Å². The van der Waals surface area contributed by atoms with Crippen LogP contribution in [0.2, 0.25) is 0 Å². The van der Waals surface area contributed by atoms with Gasteiger partial charge in [0.2, 0.25) is 0 Å². The number of rotatable bonds is 14. The van der Waals surface area contributed by atoms with Gasteiger partial charge in [0.25, 0.3) is 0 Å². The molecule has 0 radical (unpaired) electrons. The minimum absolute atomic E-state index is 0.375. The summed E-state index contributed by atoms with van der Waals surface area (Å²) < 4.78 is 17.0. The van der Waals surface area contributed by atoms with Crippen molar-refractivity contribution in [1.82, 2.24) is 9.80 Å². The van der Waals surface area contributed by atoms with Gasteiger partial charge in [0.1, 0.15) is 5.60 Å². The van der Waals surface area contributed by atoms with Crippen molar-refractivity contribution in [2.24, 2.45) is 0 Å². The number of nitrogens with one attached hydrogen (secondary N) is 1. The largest absolute Gasteiger partial charge is 0.493 e. The van der Waals surface area contributed by atoms with Crippen molar-refractivity contribution in [3.63, 3.8) is 0 Å². The number of amides is 1. The van der Waals surface area contributed by atoms with Crippen LogP contribution in [-0.4, -0.2) is 68.4 Å². The third kappa shape index (κ3) is 9.24. The van der Waals surface area contributed by atoms with Crippen molar-refractivity contribution >= 4 is 11.8 Å². The van der Waals surface area contributed by atoms with Gasteiger partial charge in [0, 0.05) is 31.7 Å². The molecule has 1 fully saturated rings. The van der Waals surface area contributed by atoms with Crippen LogP contribution in [-0.2, 0) is 17.7 Å². The molecule has 3 aromatic carbocycles.